The van der Waals surface area contributed by atoms with Crippen LogP contribution in [0.15, 0.2) is 12.3 Å². The van der Waals surface area contributed by atoms with Crippen LogP contribution in [0.25, 0.3) is 0 Å². The fourth-order valence-electron chi connectivity index (χ4n) is 0.164. The fraction of sp³-hybridized carbons (Fsp3) is 0.400. The van der Waals surface area contributed by atoms with E-state index in [-0.39, 0.29) is 5.97 Å². The molecule has 0 bridgehead atoms. The van der Waals surface area contributed by atoms with Crippen molar-refractivity contribution in [3.8, 4) is 0 Å². The van der Waals surface area contributed by atoms with Crippen molar-refractivity contribution in [2.24, 2.45) is 0 Å². The standard InChI is InChI=1S/C5H8O2/c1-3-4-7-5(2)6/h3-4H,1-2H3. The number of ether oxygens (including phenoxy) is 1. The molecule has 2 nitrogen and oxygen atoms in total. The third kappa shape index (κ3) is 5.21. The van der Waals surface area contributed by atoms with E-state index in [9.17, 15) is 4.79 Å². The molecule has 0 fully saturated rings. The summed E-state index contributed by atoms with van der Waals surface area (Å²) in [6.07, 6.45) is 3.00. The molecular formula is C5H8O2. The second kappa shape index (κ2) is 3.40. The molecule has 0 aliphatic rings. The molecule has 0 N–H and O–H groups in total. The van der Waals surface area contributed by atoms with Gasteiger partial charge in [-0.25, -0.2) is 0 Å². The number of allylic oxidation sites excluding steroid dienone is 1. The summed E-state index contributed by atoms with van der Waals surface area (Å²) in [6, 6.07) is 0. The van der Waals surface area contributed by atoms with Crippen LogP contribution in [0.1, 0.15) is 13.8 Å². The average Bonchev–Trinajstić information content (AvgIpc) is 1.61. The maximum absolute atomic E-state index is 9.93. The zero-order valence-electron chi connectivity index (χ0n) is 4.47. The minimum Gasteiger partial charge on any atom is -0.435 e. The van der Waals surface area contributed by atoms with Gasteiger partial charge in [0.05, 0.1) is 6.26 Å². The molecule has 0 radical (unpaired) electrons. The van der Waals surface area contributed by atoms with E-state index in [0.29, 0.717) is 0 Å². The number of hydrogen-bond donors (Lipinski definition) is 0. The van der Waals surface area contributed by atoms with Crippen molar-refractivity contribution in [2.75, 3.05) is 0 Å². The minimum absolute atomic E-state index is 0.280. The second-order valence-electron chi connectivity index (χ2n) is 1.08. The van der Waals surface area contributed by atoms with Gasteiger partial charge in [0.15, 0.2) is 0 Å². The molecule has 2 heteroatoms. The molecule has 0 saturated heterocycles. The maximum Gasteiger partial charge on any atom is 0.307 e. The molecule has 0 rings (SSSR count). The molecular weight excluding hydrogens is 92.1 g/mol. The van der Waals surface area contributed by atoms with Crippen LogP contribution in [-0.4, -0.2) is 5.97 Å². The SMILES string of the molecule is CC=COC(C)=O. The Bertz CT molecular complexity index is 84.1. The molecule has 0 amide bonds. The normalized spacial score (nSPS) is 9.43. The summed E-state index contributed by atoms with van der Waals surface area (Å²) in [6.45, 7) is 3.14. The number of hydrogen-bond acceptors (Lipinski definition) is 2. The molecule has 0 aliphatic heterocycles. The van der Waals surface area contributed by atoms with Gasteiger partial charge in [-0.05, 0) is 6.92 Å². The number of esters is 1. The van der Waals surface area contributed by atoms with E-state index in [2.05, 4.69) is 4.74 Å². The number of rotatable bonds is 1. The predicted molar refractivity (Wildman–Crippen MR) is 26.6 cm³/mol. The number of carbonyl (C=O) groups excluding carboxylic acids is 1. The Kier molecular flexibility index (Phi) is 3.02. The van der Waals surface area contributed by atoms with Crippen LogP contribution < -0.4 is 0 Å². The Labute approximate surface area is 42.8 Å². The lowest BCUT2D eigenvalue weighted by Crippen LogP contribution is -1.88. The smallest absolute Gasteiger partial charge is 0.307 e. The van der Waals surface area contributed by atoms with Gasteiger partial charge in [0.25, 0.3) is 0 Å². The third-order valence-electron chi connectivity index (χ3n) is 0.370. The highest BCUT2D eigenvalue weighted by molar-refractivity contribution is 5.66. The highest BCUT2D eigenvalue weighted by Crippen LogP contribution is 1.75. The summed E-state index contributed by atoms with van der Waals surface area (Å²) in [5.74, 6) is -0.280. The molecule has 0 unspecified atom stereocenters. The van der Waals surface area contributed by atoms with E-state index >= 15 is 0 Å². The molecule has 0 saturated carbocycles. The van der Waals surface area contributed by atoms with Crippen molar-refractivity contribution in [3.05, 3.63) is 12.3 Å². The largest absolute Gasteiger partial charge is 0.435 e. The van der Waals surface area contributed by atoms with E-state index in [1.807, 2.05) is 0 Å². The van der Waals surface area contributed by atoms with Crippen molar-refractivity contribution >= 4 is 5.97 Å². The van der Waals surface area contributed by atoms with Gasteiger partial charge in [0.2, 0.25) is 0 Å². The van der Waals surface area contributed by atoms with E-state index in [1.54, 1.807) is 13.0 Å². The molecule has 40 valence electrons. The first-order valence-corrected chi connectivity index (χ1v) is 2.05. The number of carbonyl (C=O) groups is 1. The van der Waals surface area contributed by atoms with Crippen molar-refractivity contribution in [1.29, 1.82) is 0 Å². The Balaban J connectivity index is 3.14. The van der Waals surface area contributed by atoms with Gasteiger partial charge in [0.1, 0.15) is 0 Å². The van der Waals surface area contributed by atoms with Crippen molar-refractivity contribution in [3.63, 3.8) is 0 Å². The molecule has 0 aromatic heterocycles. The summed E-state index contributed by atoms with van der Waals surface area (Å²) < 4.78 is 4.37. The van der Waals surface area contributed by atoms with Gasteiger partial charge in [-0.15, -0.1) is 0 Å². The minimum atomic E-state index is -0.280. The molecule has 0 heterocycles. The van der Waals surface area contributed by atoms with E-state index < -0.39 is 0 Å². The molecule has 0 atom stereocenters. The summed E-state index contributed by atoms with van der Waals surface area (Å²) in [5.41, 5.74) is 0. The van der Waals surface area contributed by atoms with Gasteiger partial charge in [0, 0.05) is 6.92 Å². The molecule has 0 aromatic rings. The van der Waals surface area contributed by atoms with Crippen LogP contribution in [-0.2, 0) is 9.53 Å². The Hall–Kier alpha value is -0.790. The molecule has 0 aromatic carbocycles. The van der Waals surface area contributed by atoms with Gasteiger partial charge in [-0.2, -0.15) is 0 Å². The Morgan fingerprint density at radius 2 is 2.29 bits per heavy atom. The maximum atomic E-state index is 9.93. The third-order valence-corrected chi connectivity index (χ3v) is 0.370. The fourth-order valence-corrected chi connectivity index (χ4v) is 0.164. The predicted octanol–water partition coefficient (Wildman–Crippen LogP) is 1.08. The second-order valence-corrected chi connectivity index (χ2v) is 1.08. The summed E-state index contributed by atoms with van der Waals surface area (Å²) >= 11 is 0. The highest BCUT2D eigenvalue weighted by Gasteiger charge is 1.80. The van der Waals surface area contributed by atoms with E-state index in [0.717, 1.165) is 0 Å². The lowest BCUT2D eigenvalue weighted by molar-refractivity contribution is -0.135. The topological polar surface area (TPSA) is 26.3 Å². The van der Waals surface area contributed by atoms with Crippen molar-refractivity contribution in [1.82, 2.24) is 0 Å². The summed E-state index contributed by atoms with van der Waals surface area (Å²) in [5, 5.41) is 0. The summed E-state index contributed by atoms with van der Waals surface area (Å²) in [4.78, 5) is 9.93. The van der Waals surface area contributed by atoms with E-state index in [1.165, 1.54) is 13.2 Å². The lowest BCUT2D eigenvalue weighted by Gasteiger charge is -1.85. The molecule has 0 spiro atoms. The van der Waals surface area contributed by atoms with Crippen LogP contribution in [0.3, 0.4) is 0 Å². The highest BCUT2D eigenvalue weighted by atomic mass is 16.5. The van der Waals surface area contributed by atoms with Crippen LogP contribution in [0.5, 0.6) is 0 Å². The van der Waals surface area contributed by atoms with Crippen LogP contribution in [0.4, 0.5) is 0 Å². The van der Waals surface area contributed by atoms with Gasteiger partial charge in [-0.1, -0.05) is 6.08 Å². The zero-order chi connectivity index (χ0) is 5.70. The Morgan fingerprint density at radius 1 is 1.71 bits per heavy atom. The van der Waals surface area contributed by atoms with Gasteiger partial charge < -0.3 is 4.74 Å². The van der Waals surface area contributed by atoms with Gasteiger partial charge >= 0.3 is 5.97 Å². The quantitative estimate of drug-likeness (QED) is 0.364. The van der Waals surface area contributed by atoms with Crippen LogP contribution >= 0.6 is 0 Å². The molecule has 7 heavy (non-hydrogen) atoms. The monoisotopic (exact) mass is 100 g/mol. The van der Waals surface area contributed by atoms with Crippen molar-refractivity contribution in [2.45, 2.75) is 13.8 Å². The zero-order valence-corrected chi connectivity index (χ0v) is 4.47. The van der Waals surface area contributed by atoms with Crippen LogP contribution in [0.2, 0.25) is 0 Å². The van der Waals surface area contributed by atoms with E-state index in [4.69, 9.17) is 0 Å². The summed E-state index contributed by atoms with van der Waals surface area (Å²) in [7, 11) is 0. The van der Waals surface area contributed by atoms with Gasteiger partial charge in [-0.3, -0.25) is 4.79 Å². The first kappa shape index (κ1) is 6.21. The average molecular weight is 100 g/mol. The Morgan fingerprint density at radius 3 is 2.43 bits per heavy atom. The first-order chi connectivity index (χ1) is 3.27. The first-order valence-electron chi connectivity index (χ1n) is 2.05. The molecule has 0 aliphatic carbocycles. The van der Waals surface area contributed by atoms with Crippen LogP contribution in [0, 0.1) is 0 Å². The van der Waals surface area contributed by atoms with Crippen molar-refractivity contribution < 1.29 is 9.53 Å². The lowest BCUT2D eigenvalue weighted by atomic mass is 10.7.